The van der Waals surface area contributed by atoms with Gasteiger partial charge < -0.3 is 10.2 Å². The first-order chi connectivity index (χ1) is 9.42. The van der Waals surface area contributed by atoms with E-state index in [1.165, 1.54) is 6.07 Å². The fraction of sp³-hybridized carbons (Fsp3) is 0.308. The van der Waals surface area contributed by atoms with Crippen LogP contribution in [0.1, 0.15) is 30.2 Å². The Hall–Kier alpha value is -1.70. The fourth-order valence-corrected chi connectivity index (χ4v) is 3.03. The number of nitrogens with zero attached hydrogens (tertiary/aromatic N) is 1. The predicted molar refractivity (Wildman–Crippen MR) is 74.3 cm³/mol. The van der Waals surface area contributed by atoms with E-state index in [9.17, 15) is 8.42 Å². The van der Waals surface area contributed by atoms with Gasteiger partial charge in [-0.25, -0.2) is 13.4 Å². The molecule has 0 aliphatic rings. The molecular formula is C13H17N3O3S. The number of nitrogens with two attached hydrogens (primary N) is 1. The number of aromatic nitrogens is 1. The molecule has 1 aromatic carbocycles. The van der Waals surface area contributed by atoms with Crippen molar-refractivity contribution >= 4 is 10.0 Å². The summed E-state index contributed by atoms with van der Waals surface area (Å²) in [6, 6.07) is 5.97. The summed E-state index contributed by atoms with van der Waals surface area (Å²) < 4.78 is 32.4. The molecule has 20 heavy (non-hydrogen) atoms. The minimum atomic E-state index is -3.64. The highest BCUT2D eigenvalue weighted by molar-refractivity contribution is 7.89. The maximum absolute atomic E-state index is 12.3. The average molecular weight is 295 g/mol. The highest BCUT2D eigenvalue weighted by atomic mass is 32.2. The Morgan fingerprint density at radius 1 is 1.45 bits per heavy atom. The quantitative estimate of drug-likeness (QED) is 0.870. The number of rotatable bonds is 5. The van der Waals surface area contributed by atoms with Crippen LogP contribution in [0.15, 0.2) is 39.8 Å². The Labute approximate surface area is 118 Å². The van der Waals surface area contributed by atoms with Crippen LogP contribution in [0, 0.1) is 6.92 Å². The molecule has 0 aliphatic carbocycles. The van der Waals surface area contributed by atoms with Gasteiger partial charge in [0.2, 0.25) is 15.9 Å². The third-order valence-corrected chi connectivity index (χ3v) is 4.32. The molecule has 2 rings (SSSR count). The lowest BCUT2D eigenvalue weighted by molar-refractivity contribution is 0.428. The van der Waals surface area contributed by atoms with Crippen LogP contribution in [-0.2, 0) is 16.6 Å². The summed E-state index contributed by atoms with van der Waals surface area (Å²) in [7, 11) is -3.64. The van der Waals surface area contributed by atoms with Gasteiger partial charge in [0, 0.05) is 6.54 Å². The average Bonchev–Trinajstić information content (AvgIpc) is 2.85. The van der Waals surface area contributed by atoms with Gasteiger partial charge in [-0.1, -0.05) is 12.1 Å². The van der Waals surface area contributed by atoms with Gasteiger partial charge in [-0.05, 0) is 31.5 Å². The molecule has 7 heteroatoms. The van der Waals surface area contributed by atoms with Crippen molar-refractivity contribution in [3.63, 3.8) is 0 Å². The monoisotopic (exact) mass is 295 g/mol. The van der Waals surface area contributed by atoms with Crippen molar-refractivity contribution in [2.75, 3.05) is 0 Å². The summed E-state index contributed by atoms with van der Waals surface area (Å²) in [4.78, 5) is 4.19. The normalized spacial score (nSPS) is 13.3. The van der Waals surface area contributed by atoms with Crippen LogP contribution < -0.4 is 10.5 Å². The van der Waals surface area contributed by atoms with Crippen LogP contribution in [0.4, 0.5) is 0 Å². The van der Waals surface area contributed by atoms with Crippen molar-refractivity contribution in [3.05, 3.63) is 47.7 Å². The third-order valence-electron chi connectivity index (χ3n) is 2.79. The molecule has 0 saturated heterocycles. The molecule has 0 bridgehead atoms. The molecule has 2 aromatic rings. The Bertz CT molecular complexity index is 694. The van der Waals surface area contributed by atoms with E-state index in [1.807, 2.05) is 0 Å². The zero-order valence-corrected chi connectivity index (χ0v) is 12.1. The number of benzene rings is 1. The van der Waals surface area contributed by atoms with E-state index in [-0.39, 0.29) is 11.4 Å². The van der Waals surface area contributed by atoms with Crippen LogP contribution in [0.5, 0.6) is 0 Å². The highest BCUT2D eigenvalue weighted by Crippen LogP contribution is 2.17. The van der Waals surface area contributed by atoms with E-state index in [0.29, 0.717) is 11.7 Å². The number of hydrogen-bond donors (Lipinski definition) is 2. The molecule has 0 radical (unpaired) electrons. The zero-order valence-electron chi connectivity index (χ0n) is 11.3. The lowest BCUT2D eigenvalue weighted by Crippen LogP contribution is -2.27. The molecule has 108 valence electrons. The molecule has 1 aromatic heterocycles. The van der Waals surface area contributed by atoms with Gasteiger partial charge in [0.15, 0.2) is 0 Å². The second-order valence-electron chi connectivity index (χ2n) is 4.50. The molecule has 0 aliphatic heterocycles. The molecule has 0 amide bonds. The molecule has 3 N–H and O–H groups in total. The van der Waals surface area contributed by atoms with Crippen molar-refractivity contribution in [2.45, 2.75) is 31.3 Å². The number of aryl methyl sites for hydroxylation is 1. The van der Waals surface area contributed by atoms with Gasteiger partial charge in [0.25, 0.3) is 0 Å². The second kappa shape index (κ2) is 5.74. The summed E-state index contributed by atoms with van der Waals surface area (Å²) in [6.07, 6.45) is 1.55. The Morgan fingerprint density at radius 2 is 2.20 bits per heavy atom. The Balaban J connectivity index is 2.22. The van der Waals surface area contributed by atoms with Gasteiger partial charge >= 0.3 is 0 Å². The molecule has 1 heterocycles. The number of nitrogens with one attached hydrogen (secondary N) is 1. The largest absolute Gasteiger partial charge is 0.444 e. The van der Waals surface area contributed by atoms with E-state index in [2.05, 4.69) is 9.71 Å². The Morgan fingerprint density at radius 3 is 2.80 bits per heavy atom. The van der Waals surface area contributed by atoms with Gasteiger partial charge in [-0.2, -0.15) is 4.72 Å². The summed E-state index contributed by atoms with van der Waals surface area (Å²) in [5.41, 5.74) is 6.27. The van der Waals surface area contributed by atoms with Crippen LogP contribution in [-0.4, -0.2) is 13.4 Å². The SMILES string of the molecule is Cc1cnc(C(C)NS(=O)(=O)c2cccc(CN)c2)o1. The fourth-order valence-electron chi connectivity index (χ4n) is 1.76. The zero-order chi connectivity index (χ0) is 14.8. The van der Waals surface area contributed by atoms with Crippen molar-refractivity contribution in [2.24, 2.45) is 5.73 Å². The lowest BCUT2D eigenvalue weighted by Gasteiger charge is -2.11. The first kappa shape index (κ1) is 14.7. The third kappa shape index (κ3) is 3.24. The van der Waals surface area contributed by atoms with Crippen molar-refractivity contribution in [1.82, 2.24) is 9.71 Å². The maximum atomic E-state index is 12.3. The second-order valence-corrected chi connectivity index (χ2v) is 6.22. The van der Waals surface area contributed by atoms with E-state index >= 15 is 0 Å². The van der Waals surface area contributed by atoms with Crippen LogP contribution >= 0.6 is 0 Å². The minimum Gasteiger partial charge on any atom is -0.444 e. The number of hydrogen-bond acceptors (Lipinski definition) is 5. The number of oxazole rings is 1. The first-order valence-corrected chi connectivity index (χ1v) is 7.64. The van der Waals surface area contributed by atoms with E-state index in [1.54, 1.807) is 38.2 Å². The highest BCUT2D eigenvalue weighted by Gasteiger charge is 2.21. The molecule has 0 saturated carbocycles. The molecule has 1 atom stereocenters. The molecule has 1 unspecified atom stereocenters. The van der Waals surface area contributed by atoms with Gasteiger partial charge in [0.05, 0.1) is 17.1 Å². The van der Waals surface area contributed by atoms with E-state index in [4.69, 9.17) is 10.2 Å². The molecule has 0 fully saturated rings. The standard InChI is InChI=1S/C13H17N3O3S/c1-9-8-15-13(19-9)10(2)16-20(17,18)12-5-3-4-11(6-12)7-14/h3-6,8,10,16H,7,14H2,1-2H3. The lowest BCUT2D eigenvalue weighted by atomic mass is 10.2. The molecular weight excluding hydrogens is 278 g/mol. The van der Waals surface area contributed by atoms with Gasteiger partial charge in [-0.3, -0.25) is 0 Å². The summed E-state index contributed by atoms with van der Waals surface area (Å²) >= 11 is 0. The van der Waals surface area contributed by atoms with Crippen molar-refractivity contribution in [1.29, 1.82) is 0 Å². The summed E-state index contributed by atoms with van der Waals surface area (Å²) in [5.74, 6) is 0.970. The van der Waals surface area contributed by atoms with Gasteiger partial charge in [0.1, 0.15) is 5.76 Å². The Kier molecular flexibility index (Phi) is 4.22. The van der Waals surface area contributed by atoms with Crippen LogP contribution in [0.25, 0.3) is 0 Å². The van der Waals surface area contributed by atoms with Crippen LogP contribution in [0.2, 0.25) is 0 Å². The molecule has 0 spiro atoms. The summed E-state index contributed by atoms with van der Waals surface area (Å²) in [5, 5.41) is 0. The minimum absolute atomic E-state index is 0.176. The van der Waals surface area contributed by atoms with Gasteiger partial charge in [-0.15, -0.1) is 0 Å². The van der Waals surface area contributed by atoms with E-state index in [0.717, 1.165) is 5.56 Å². The predicted octanol–water partition coefficient (Wildman–Crippen LogP) is 1.48. The molecule has 6 nitrogen and oxygen atoms in total. The smallest absolute Gasteiger partial charge is 0.241 e. The van der Waals surface area contributed by atoms with Crippen molar-refractivity contribution < 1.29 is 12.8 Å². The summed E-state index contributed by atoms with van der Waals surface area (Å²) in [6.45, 7) is 3.72. The van der Waals surface area contributed by atoms with Crippen LogP contribution in [0.3, 0.4) is 0 Å². The first-order valence-electron chi connectivity index (χ1n) is 6.16. The maximum Gasteiger partial charge on any atom is 0.241 e. The van der Waals surface area contributed by atoms with Crippen molar-refractivity contribution in [3.8, 4) is 0 Å². The number of sulfonamides is 1. The topological polar surface area (TPSA) is 98.2 Å². The van der Waals surface area contributed by atoms with E-state index < -0.39 is 16.1 Å².